The summed E-state index contributed by atoms with van der Waals surface area (Å²) < 4.78 is 0. The van der Waals surface area contributed by atoms with Gasteiger partial charge < -0.3 is 10.6 Å². The molecule has 0 radical (unpaired) electrons. The Kier molecular flexibility index (Phi) is 4.80. The van der Waals surface area contributed by atoms with Crippen LogP contribution in [0.2, 0.25) is 0 Å². The summed E-state index contributed by atoms with van der Waals surface area (Å²) in [5.74, 6) is 1.88. The third-order valence-electron chi connectivity index (χ3n) is 3.45. The lowest BCUT2D eigenvalue weighted by Crippen LogP contribution is -2.43. The molecule has 19 heavy (non-hydrogen) atoms. The molecule has 1 aromatic heterocycles. The summed E-state index contributed by atoms with van der Waals surface area (Å²) in [6.45, 7) is 9.26. The Balaban J connectivity index is 1.93. The first-order valence-corrected chi connectivity index (χ1v) is 7.93. The lowest BCUT2D eigenvalue weighted by molar-refractivity contribution is 0.270. The van der Waals surface area contributed by atoms with Crippen molar-refractivity contribution in [3.8, 4) is 0 Å². The van der Waals surface area contributed by atoms with Crippen molar-refractivity contribution in [1.29, 1.82) is 0 Å². The number of thiazole rings is 1. The molecular weight excluding hydrogens is 256 g/mol. The number of piperidine rings is 1. The molecule has 2 rings (SSSR count). The number of nitrogens with zero attached hydrogens (tertiary/aromatic N) is 3. The minimum absolute atomic E-state index is 0.489. The monoisotopic (exact) mass is 280 g/mol. The lowest BCUT2D eigenvalue weighted by atomic mass is 10.0. The van der Waals surface area contributed by atoms with Gasteiger partial charge in [-0.1, -0.05) is 20.8 Å². The van der Waals surface area contributed by atoms with Crippen LogP contribution in [-0.2, 0) is 6.54 Å². The fourth-order valence-electron chi connectivity index (χ4n) is 2.32. The molecular formula is C14H24N4S. The van der Waals surface area contributed by atoms with Crippen LogP contribution >= 0.6 is 11.3 Å². The molecule has 0 aliphatic carbocycles. The van der Waals surface area contributed by atoms with Gasteiger partial charge in [0.15, 0.2) is 5.96 Å². The van der Waals surface area contributed by atoms with Gasteiger partial charge in [-0.15, -0.1) is 11.3 Å². The van der Waals surface area contributed by atoms with E-state index in [2.05, 4.69) is 41.0 Å². The van der Waals surface area contributed by atoms with Crippen LogP contribution in [0.3, 0.4) is 0 Å². The van der Waals surface area contributed by atoms with Crippen molar-refractivity contribution < 1.29 is 0 Å². The summed E-state index contributed by atoms with van der Waals surface area (Å²) in [5, 5.41) is 3.26. The Bertz CT molecular complexity index is 438. The van der Waals surface area contributed by atoms with Crippen LogP contribution in [0, 0.1) is 5.92 Å². The van der Waals surface area contributed by atoms with E-state index >= 15 is 0 Å². The van der Waals surface area contributed by atoms with Crippen LogP contribution < -0.4 is 5.73 Å². The van der Waals surface area contributed by atoms with Gasteiger partial charge in [0, 0.05) is 24.4 Å². The van der Waals surface area contributed by atoms with Crippen molar-refractivity contribution in [2.75, 3.05) is 13.1 Å². The highest BCUT2D eigenvalue weighted by atomic mass is 32.1. The molecule has 2 N–H and O–H groups in total. The molecule has 1 aliphatic rings. The zero-order valence-corrected chi connectivity index (χ0v) is 12.9. The third-order valence-corrected chi connectivity index (χ3v) is 4.64. The molecule has 0 aromatic carbocycles. The van der Waals surface area contributed by atoms with E-state index < -0.39 is 0 Å². The second-order valence-electron chi connectivity index (χ2n) is 5.70. The summed E-state index contributed by atoms with van der Waals surface area (Å²) in [5.41, 5.74) is 7.11. The lowest BCUT2D eigenvalue weighted by Gasteiger charge is -2.31. The largest absolute Gasteiger partial charge is 0.370 e. The Morgan fingerprint density at radius 3 is 3.05 bits per heavy atom. The Hall–Kier alpha value is -1.10. The topological polar surface area (TPSA) is 54.5 Å². The summed E-state index contributed by atoms with van der Waals surface area (Å²) in [6.07, 6.45) is 2.51. The molecule has 106 valence electrons. The van der Waals surface area contributed by atoms with Crippen molar-refractivity contribution in [2.24, 2.45) is 16.6 Å². The summed E-state index contributed by atoms with van der Waals surface area (Å²) in [4.78, 5) is 11.3. The van der Waals surface area contributed by atoms with Gasteiger partial charge in [0.1, 0.15) is 0 Å². The molecule has 2 heterocycles. The maximum atomic E-state index is 6.08. The van der Waals surface area contributed by atoms with E-state index in [0.717, 1.165) is 18.8 Å². The Labute approximate surface area is 119 Å². The van der Waals surface area contributed by atoms with Gasteiger partial charge in [0.2, 0.25) is 0 Å². The molecule has 0 spiro atoms. The van der Waals surface area contributed by atoms with Gasteiger partial charge in [-0.3, -0.25) is 0 Å². The van der Waals surface area contributed by atoms with Gasteiger partial charge in [-0.25, -0.2) is 9.98 Å². The Morgan fingerprint density at radius 2 is 2.42 bits per heavy atom. The highest BCUT2D eigenvalue weighted by Crippen LogP contribution is 2.20. The maximum absolute atomic E-state index is 6.08. The smallest absolute Gasteiger partial charge is 0.191 e. The Morgan fingerprint density at radius 1 is 1.63 bits per heavy atom. The van der Waals surface area contributed by atoms with Gasteiger partial charge in [0.05, 0.1) is 17.2 Å². The number of aromatic nitrogens is 1. The SMILES string of the molecule is CC1CCCN(C(N)=NCc2csc(C(C)C)n2)C1. The van der Waals surface area contributed by atoms with Crippen LogP contribution in [0.25, 0.3) is 0 Å². The second-order valence-corrected chi connectivity index (χ2v) is 6.59. The van der Waals surface area contributed by atoms with E-state index in [4.69, 9.17) is 5.73 Å². The summed E-state index contributed by atoms with van der Waals surface area (Å²) in [7, 11) is 0. The number of aliphatic imine (C=N–C) groups is 1. The van der Waals surface area contributed by atoms with Crippen molar-refractivity contribution in [3.63, 3.8) is 0 Å². The maximum Gasteiger partial charge on any atom is 0.191 e. The van der Waals surface area contributed by atoms with Crippen molar-refractivity contribution in [3.05, 3.63) is 16.1 Å². The zero-order valence-electron chi connectivity index (χ0n) is 12.1. The van der Waals surface area contributed by atoms with Crippen molar-refractivity contribution in [1.82, 2.24) is 9.88 Å². The fourth-order valence-corrected chi connectivity index (χ4v) is 3.15. The van der Waals surface area contributed by atoms with Gasteiger partial charge >= 0.3 is 0 Å². The number of guanidine groups is 1. The van der Waals surface area contributed by atoms with Crippen molar-refractivity contribution in [2.45, 2.75) is 46.1 Å². The number of nitrogens with two attached hydrogens (primary N) is 1. The second kappa shape index (κ2) is 6.37. The van der Waals surface area contributed by atoms with Crippen LogP contribution in [0.5, 0.6) is 0 Å². The van der Waals surface area contributed by atoms with Crippen LogP contribution in [0.15, 0.2) is 10.4 Å². The molecule has 1 aliphatic heterocycles. The predicted molar refractivity (Wildman–Crippen MR) is 81.5 cm³/mol. The van der Waals surface area contributed by atoms with E-state index in [-0.39, 0.29) is 0 Å². The number of rotatable bonds is 3. The molecule has 5 heteroatoms. The predicted octanol–water partition coefficient (Wildman–Crippen LogP) is 2.81. The summed E-state index contributed by atoms with van der Waals surface area (Å²) in [6, 6.07) is 0. The third kappa shape index (κ3) is 3.93. The standard InChI is InChI=1S/C14H24N4S/c1-10(2)13-17-12(9-19-13)7-16-14(15)18-6-4-5-11(3)8-18/h9-11H,4-8H2,1-3H3,(H2,15,16). The van der Waals surface area contributed by atoms with Gasteiger partial charge in [-0.2, -0.15) is 0 Å². The molecule has 1 unspecified atom stereocenters. The van der Waals surface area contributed by atoms with E-state index in [9.17, 15) is 0 Å². The zero-order chi connectivity index (χ0) is 13.8. The molecule has 4 nitrogen and oxygen atoms in total. The first-order valence-electron chi connectivity index (χ1n) is 7.05. The van der Waals surface area contributed by atoms with E-state index in [1.54, 1.807) is 11.3 Å². The van der Waals surface area contributed by atoms with Crippen LogP contribution in [0.4, 0.5) is 0 Å². The fraction of sp³-hybridized carbons (Fsp3) is 0.714. The van der Waals surface area contributed by atoms with E-state index in [1.807, 2.05) is 0 Å². The molecule has 1 fully saturated rings. The highest BCUT2D eigenvalue weighted by molar-refractivity contribution is 7.09. The minimum Gasteiger partial charge on any atom is -0.370 e. The van der Waals surface area contributed by atoms with Crippen molar-refractivity contribution >= 4 is 17.3 Å². The molecule has 1 saturated heterocycles. The minimum atomic E-state index is 0.489. The van der Waals surface area contributed by atoms with Crippen LogP contribution in [-0.4, -0.2) is 28.9 Å². The first kappa shape index (κ1) is 14.3. The van der Waals surface area contributed by atoms with Gasteiger partial charge in [0.25, 0.3) is 0 Å². The number of hydrogen-bond acceptors (Lipinski definition) is 3. The molecule has 1 atom stereocenters. The van der Waals surface area contributed by atoms with E-state index in [1.165, 1.54) is 17.8 Å². The number of likely N-dealkylation sites (tertiary alicyclic amines) is 1. The first-order chi connectivity index (χ1) is 9.06. The average Bonchev–Trinajstić information content (AvgIpc) is 2.85. The highest BCUT2D eigenvalue weighted by Gasteiger charge is 2.17. The molecule has 0 bridgehead atoms. The number of hydrogen-bond donors (Lipinski definition) is 1. The summed E-state index contributed by atoms with van der Waals surface area (Å²) >= 11 is 1.71. The molecule has 0 amide bonds. The average molecular weight is 280 g/mol. The normalized spacial score (nSPS) is 21.2. The van der Waals surface area contributed by atoms with Crippen LogP contribution in [0.1, 0.15) is 50.2 Å². The van der Waals surface area contributed by atoms with E-state index in [0.29, 0.717) is 24.3 Å². The molecule has 0 saturated carbocycles. The van der Waals surface area contributed by atoms with Gasteiger partial charge in [-0.05, 0) is 18.8 Å². The quantitative estimate of drug-likeness (QED) is 0.684. The molecule has 1 aromatic rings.